The van der Waals surface area contributed by atoms with Crippen LogP contribution in [0.4, 0.5) is 0 Å². The molecular formula is C16H24N2O3S. The highest BCUT2D eigenvalue weighted by molar-refractivity contribution is 7.12. The first kappa shape index (κ1) is 17.1. The molecule has 0 bridgehead atoms. The number of thiophene rings is 1. The summed E-state index contributed by atoms with van der Waals surface area (Å²) in [6.07, 6.45) is 0.538. The lowest BCUT2D eigenvalue weighted by molar-refractivity contribution is -0.121. The van der Waals surface area contributed by atoms with Gasteiger partial charge in [-0.15, -0.1) is 11.3 Å². The molecule has 1 N–H and O–H groups in total. The summed E-state index contributed by atoms with van der Waals surface area (Å²) in [5.74, 6) is 0.0105. The van der Waals surface area contributed by atoms with Crippen LogP contribution in [0.3, 0.4) is 0 Å². The number of nitrogens with one attached hydrogen (secondary N) is 1. The lowest BCUT2D eigenvalue weighted by Crippen LogP contribution is -2.41. The first-order chi connectivity index (χ1) is 10.6. The average Bonchev–Trinajstić information content (AvgIpc) is 2.84. The Kier molecular flexibility index (Phi) is 6.54. The fourth-order valence-corrected chi connectivity index (χ4v) is 3.48. The highest BCUT2D eigenvalue weighted by atomic mass is 32.1. The summed E-state index contributed by atoms with van der Waals surface area (Å²) in [6.45, 7) is 8.79. The molecule has 1 aromatic heterocycles. The third-order valence-corrected chi connectivity index (χ3v) is 4.74. The number of morpholine rings is 1. The second kappa shape index (κ2) is 8.41. The van der Waals surface area contributed by atoms with Crippen molar-refractivity contribution >= 4 is 23.0 Å². The largest absolute Gasteiger partial charge is 0.379 e. The standard InChI is InChI=1S/C16H24N2O3S/c1-12-11-14(13(2)22-12)15(19)3-4-16(20)17-5-6-18-7-9-21-10-8-18/h11H,3-10H2,1-2H3,(H,17,20). The van der Waals surface area contributed by atoms with Crippen molar-refractivity contribution in [3.05, 3.63) is 21.4 Å². The molecule has 122 valence electrons. The summed E-state index contributed by atoms with van der Waals surface area (Å²) in [5, 5.41) is 2.89. The molecule has 1 aromatic rings. The van der Waals surface area contributed by atoms with Crippen LogP contribution in [-0.2, 0) is 9.53 Å². The van der Waals surface area contributed by atoms with Crippen LogP contribution < -0.4 is 5.32 Å². The second-order valence-corrected chi connectivity index (χ2v) is 7.01. The summed E-state index contributed by atoms with van der Waals surface area (Å²) in [7, 11) is 0. The Morgan fingerprint density at radius 1 is 1.27 bits per heavy atom. The first-order valence-corrected chi connectivity index (χ1v) is 8.55. The average molecular weight is 324 g/mol. The van der Waals surface area contributed by atoms with Crippen molar-refractivity contribution in [3.8, 4) is 0 Å². The van der Waals surface area contributed by atoms with E-state index >= 15 is 0 Å². The molecule has 5 nitrogen and oxygen atoms in total. The number of amides is 1. The highest BCUT2D eigenvalue weighted by Crippen LogP contribution is 2.22. The van der Waals surface area contributed by atoms with Crippen LogP contribution in [0.15, 0.2) is 6.07 Å². The smallest absolute Gasteiger partial charge is 0.220 e. The number of ether oxygens (including phenoxy) is 1. The van der Waals surface area contributed by atoms with Gasteiger partial charge in [-0.1, -0.05) is 0 Å². The Hall–Kier alpha value is -1.24. The van der Waals surface area contributed by atoms with Crippen molar-refractivity contribution in [3.63, 3.8) is 0 Å². The molecule has 6 heteroatoms. The monoisotopic (exact) mass is 324 g/mol. The molecule has 1 saturated heterocycles. The minimum atomic E-state index is -0.0498. The van der Waals surface area contributed by atoms with E-state index in [0.717, 1.165) is 48.2 Å². The van der Waals surface area contributed by atoms with Crippen LogP contribution in [0, 0.1) is 13.8 Å². The van der Waals surface area contributed by atoms with Crippen molar-refractivity contribution in [2.75, 3.05) is 39.4 Å². The van der Waals surface area contributed by atoms with Crippen LogP contribution in [0.25, 0.3) is 0 Å². The number of aryl methyl sites for hydroxylation is 2. The van der Waals surface area contributed by atoms with E-state index in [1.54, 1.807) is 11.3 Å². The molecule has 1 amide bonds. The van der Waals surface area contributed by atoms with Gasteiger partial charge in [-0.05, 0) is 19.9 Å². The molecule has 1 fully saturated rings. The molecule has 0 aromatic carbocycles. The third kappa shape index (κ3) is 5.19. The van der Waals surface area contributed by atoms with Gasteiger partial charge < -0.3 is 10.1 Å². The highest BCUT2D eigenvalue weighted by Gasteiger charge is 2.14. The lowest BCUT2D eigenvalue weighted by atomic mass is 10.1. The van der Waals surface area contributed by atoms with Gasteiger partial charge in [0.05, 0.1) is 13.2 Å². The molecule has 0 saturated carbocycles. The lowest BCUT2D eigenvalue weighted by Gasteiger charge is -2.26. The maximum Gasteiger partial charge on any atom is 0.220 e. The predicted octanol–water partition coefficient (Wildman–Crippen LogP) is 1.78. The van der Waals surface area contributed by atoms with E-state index < -0.39 is 0 Å². The van der Waals surface area contributed by atoms with Crippen LogP contribution in [0.5, 0.6) is 0 Å². The number of hydrogen-bond acceptors (Lipinski definition) is 5. The van der Waals surface area contributed by atoms with Crippen molar-refractivity contribution in [1.82, 2.24) is 10.2 Å². The van der Waals surface area contributed by atoms with Gasteiger partial charge in [-0.3, -0.25) is 14.5 Å². The molecule has 0 aliphatic carbocycles. The van der Waals surface area contributed by atoms with Crippen LogP contribution in [0.2, 0.25) is 0 Å². The molecule has 2 heterocycles. The van der Waals surface area contributed by atoms with Gasteiger partial charge in [0.15, 0.2) is 5.78 Å². The normalized spacial score (nSPS) is 15.7. The second-order valence-electron chi connectivity index (χ2n) is 5.55. The molecule has 1 aliphatic rings. The zero-order valence-electron chi connectivity index (χ0n) is 13.3. The zero-order chi connectivity index (χ0) is 15.9. The topological polar surface area (TPSA) is 58.6 Å². The minimum absolute atomic E-state index is 0.0498. The zero-order valence-corrected chi connectivity index (χ0v) is 14.1. The number of nitrogens with zero attached hydrogens (tertiary/aromatic N) is 1. The van der Waals surface area contributed by atoms with Crippen LogP contribution >= 0.6 is 11.3 Å². The summed E-state index contributed by atoms with van der Waals surface area (Å²) < 4.78 is 5.28. The van der Waals surface area contributed by atoms with Gasteiger partial charge in [0.2, 0.25) is 5.91 Å². The third-order valence-electron chi connectivity index (χ3n) is 3.77. The molecular weight excluding hydrogens is 300 g/mol. The Morgan fingerprint density at radius 2 is 2.00 bits per heavy atom. The summed E-state index contributed by atoms with van der Waals surface area (Å²) in [4.78, 5) is 28.4. The molecule has 1 aliphatic heterocycles. The fourth-order valence-electron chi connectivity index (χ4n) is 2.54. The van der Waals surface area contributed by atoms with E-state index in [2.05, 4.69) is 10.2 Å². The van der Waals surface area contributed by atoms with E-state index in [1.165, 1.54) is 0 Å². The maximum absolute atomic E-state index is 12.1. The van der Waals surface area contributed by atoms with Gasteiger partial charge >= 0.3 is 0 Å². The van der Waals surface area contributed by atoms with E-state index in [9.17, 15) is 9.59 Å². The van der Waals surface area contributed by atoms with Crippen LogP contribution in [0.1, 0.15) is 33.0 Å². The Balaban J connectivity index is 1.64. The van der Waals surface area contributed by atoms with Crippen molar-refractivity contribution in [1.29, 1.82) is 0 Å². The molecule has 0 radical (unpaired) electrons. The van der Waals surface area contributed by atoms with Crippen molar-refractivity contribution in [2.24, 2.45) is 0 Å². The molecule has 22 heavy (non-hydrogen) atoms. The number of rotatable bonds is 7. The first-order valence-electron chi connectivity index (χ1n) is 7.73. The molecule has 0 atom stereocenters. The number of ketones is 1. The van der Waals surface area contributed by atoms with E-state index in [1.807, 2.05) is 19.9 Å². The van der Waals surface area contributed by atoms with E-state index in [0.29, 0.717) is 6.54 Å². The number of carbonyl (C=O) groups is 2. The van der Waals surface area contributed by atoms with E-state index in [4.69, 9.17) is 4.74 Å². The van der Waals surface area contributed by atoms with Crippen molar-refractivity contribution in [2.45, 2.75) is 26.7 Å². The number of Topliss-reactive ketones (excluding diaryl/α,β-unsaturated/α-hetero) is 1. The van der Waals surface area contributed by atoms with Crippen LogP contribution in [-0.4, -0.2) is 56.0 Å². The predicted molar refractivity (Wildman–Crippen MR) is 87.6 cm³/mol. The number of carbonyl (C=O) groups excluding carboxylic acids is 2. The number of hydrogen-bond donors (Lipinski definition) is 1. The summed E-state index contributed by atoms with van der Waals surface area (Å²) in [6, 6.07) is 1.92. The molecule has 2 rings (SSSR count). The Morgan fingerprint density at radius 3 is 2.64 bits per heavy atom. The SMILES string of the molecule is Cc1cc(C(=O)CCC(=O)NCCN2CCOCC2)c(C)s1. The maximum atomic E-state index is 12.1. The molecule has 0 unspecified atom stereocenters. The Bertz CT molecular complexity index is 521. The van der Waals surface area contributed by atoms with Gasteiger partial charge in [-0.25, -0.2) is 0 Å². The molecule has 0 spiro atoms. The van der Waals surface area contributed by atoms with Gasteiger partial charge in [-0.2, -0.15) is 0 Å². The fraction of sp³-hybridized carbons (Fsp3) is 0.625. The summed E-state index contributed by atoms with van der Waals surface area (Å²) >= 11 is 1.62. The van der Waals surface area contributed by atoms with E-state index in [-0.39, 0.29) is 24.5 Å². The summed E-state index contributed by atoms with van der Waals surface area (Å²) in [5.41, 5.74) is 0.767. The van der Waals surface area contributed by atoms with Gasteiger partial charge in [0.1, 0.15) is 0 Å². The Labute approximate surface area is 135 Å². The quantitative estimate of drug-likeness (QED) is 0.777. The minimum Gasteiger partial charge on any atom is -0.379 e. The van der Waals surface area contributed by atoms with Gasteiger partial charge in [0, 0.05) is 54.3 Å². The van der Waals surface area contributed by atoms with Gasteiger partial charge in [0.25, 0.3) is 0 Å². The van der Waals surface area contributed by atoms with Crippen molar-refractivity contribution < 1.29 is 14.3 Å².